The molecule has 0 spiro atoms. The van der Waals surface area contributed by atoms with Crippen LogP contribution in [0.1, 0.15) is 246 Å². The number of fused-ring (bicyclic) bond motifs is 3. The van der Waals surface area contributed by atoms with Crippen molar-refractivity contribution in [3.63, 3.8) is 0 Å². The first kappa shape index (κ1) is 52.8. The molecular weight excluding hydrogens is 773 g/mol. The largest absolute Gasteiger partial charge is 0.397 e. The van der Waals surface area contributed by atoms with Gasteiger partial charge in [0.25, 0.3) is 0 Å². The molecule has 2 heteroatoms. The molecule has 1 atom stereocenters. The number of hydrogen-bond donors (Lipinski definition) is 2. The maximum absolute atomic E-state index is 7.22. The first-order valence-corrected chi connectivity index (χ1v) is 26.2. The van der Waals surface area contributed by atoms with Gasteiger partial charge in [-0.15, -0.1) is 0 Å². The molecular formula is C62H94N2. The van der Waals surface area contributed by atoms with Gasteiger partial charge in [-0.2, -0.15) is 0 Å². The van der Waals surface area contributed by atoms with E-state index in [2.05, 4.69) is 165 Å². The molecule has 1 aliphatic rings. The van der Waals surface area contributed by atoms with Crippen molar-refractivity contribution in [1.82, 2.24) is 0 Å². The molecule has 4 N–H and O–H groups in total. The molecule has 3 aromatic carbocycles. The molecule has 0 radical (unpaired) electrons. The summed E-state index contributed by atoms with van der Waals surface area (Å²) >= 11 is 0. The third kappa shape index (κ3) is 12.4. The van der Waals surface area contributed by atoms with Crippen LogP contribution in [-0.2, 0) is 10.8 Å². The van der Waals surface area contributed by atoms with Gasteiger partial charge in [-0.25, -0.2) is 0 Å². The van der Waals surface area contributed by atoms with Gasteiger partial charge in [-0.05, 0) is 136 Å². The highest BCUT2D eigenvalue weighted by Crippen LogP contribution is 2.56. The van der Waals surface area contributed by atoms with Gasteiger partial charge in [-0.1, -0.05) is 221 Å². The molecule has 3 aromatic rings. The van der Waals surface area contributed by atoms with E-state index in [1.54, 1.807) is 11.1 Å². The minimum atomic E-state index is 0.0344. The molecule has 64 heavy (non-hydrogen) atoms. The van der Waals surface area contributed by atoms with Crippen molar-refractivity contribution in [2.24, 2.45) is 11.3 Å². The Morgan fingerprint density at radius 3 is 1.66 bits per heavy atom. The summed E-state index contributed by atoms with van der Waals surface area (Å²) in [5, 5.41) is 0. The van der Waals surface area contributed by atoms with E-state index in [-0.39, 0.29) is 16.2 Å². The van der Waals surface area contributed by atoms with Crippen molar-refractivity contribution < 1.29 is 0 Å². The Bertz CT molecular complexity index is 2120. The SMILES string of the molecule is CCCCCCC1(CCCCCC)c2cc(/C(C)=C(/C=C(\CCC)c3ccc(/C(=C/C(CCC)=C(\C)C(C)(C)C)C(C)CC)c(N)c3N)CCC)ccc2-c2ccc(C(C)(C)C)cc21. The van der Waals surface area contributed by atoms with Crippen molar-refractivity contribution in [3.05, 3.63) is 111 Å². The van der Waals surface area contributed by atoms with Crippen LogP contribution in [0.3, 0.4) is 0 Å². The predicted octanol–water partition coefficient (Wildman–Crippen LogP) is 19.4. The van der Waals surface area contributed by atoms with Crippen LogP contribution in [0.5, 0.6) is 0 Å². The lowest BCUT2D eigenvalue weighted by Gasteiger charge is -2.34. The number of nitrogen functional groups attached to an aromatic ring is 2. The third-order valence-corrected chi connectivity index (χ3v) is 15.0. The minimum absolute atomic E-state index is 0.0344. The average Bonchev–Trinajstić information content (AvgIpc) is 3.52. The predicted molar refractivity (Wildman–Crippen MR) is 289 cm³/mol. The van der Waals surface area contributed by atoms with Gasteiger partial charge in [0.05, 0.1) is 11.4 Å². The first-order chi connectivity index (χ1) is 30.3. The van der Waals surface area contributed by atoms with Crippen LogP contribution >= 0.6 is 0 Å². The van der Waals surface area contributed by atoms with Gasteiger partial charge in [0.15, 0.2) is 0 Å². The van der Waals surface area contributed by atoms with Crippen LogP contribution in [0.25, 0.3) is 27.8 Å². The second-order valence-electron chi connectivity index (χ2n) is 21.8. The molecule has 1 unspecified atom stereocenters. The zero-order valence-electron chi connectivity index (χ0n) is 44.0. The lowest BCUT2D eigenvalue weighted by Crippen LogP contribution is -2.26. The summed E-state index contributed by atoms with van der Waals surface area (Å²) in [6.07, 6.45) is 25.0. The number of unbranched alkanes of at least 4 members (excludes halogenated alkanes) is 6. The van der Waals surface area contributed by atoms with E-state index in [1.807, 2.05) is 0 Å². The Balaban J connectivity index is 1.93. The summed E-state index contributed by atoms with van der Waals surface area (Å²) in [5.74, 6) is 0.353. The minimum Gasteiger partial charge on any atom is -0.397 e. The second kappa shape index (κ2) is 23.6. The second-order valence-corrected chi connectivity index (χ2v) is 21.8. The molecule has 0 saturated heterocycles. The molecule has 2 nitrogen and oxygen atoms in total. The molecule has 4 rings (SSSR count). The van der Waals surface area contributed by atoms with Crippen LogP contribution in [0.15, 0.2) is 77.4 Å². The Hall–Kier alpha value is -3.78. The van der Waals surface area contributed by atoms with Crippen molar-refractivity contribution in [3.8, 4) is 11.1 Å². The molecule has 0 saturated carbocycles. The fourth-order valence-electron chi connectivity index (χ4n) is 10.3. The zero-order valence-corrected chi connectivity index (χ0v) is 44.0. The molecule has 0 heterocycles. The van der Waals surface area contributed by atoms with Gasteiger partial charge in [0, 0.05) is 16.5 Å². The fraction of sp³-hybridized carbons (Fsp3) is 0.581. The third-order valence-electron chi connectivity index (χ3n) is 15.0. The number of allylic oxidation sites excluding steroid dienone is 8. The summed E-state index contributed by atoms with van der Waals surface area (Å²) in [5.41, 5.74) is 35.4. The molecule has 1 aliphatic carbocycles. The maximum atomic E-state index is 7.22. The van der Waals surface area contributed by atoms with Crippen LogP contribution in [-0.4, -0.2) is 0 Å². The maximum Gasteiger partial charge on any atom is 0.0630 e. The van der Waals surface area contributed by atoms with Gasteiger partial charge in [0.1, 0.15) is 0 Å². The zero-order chi connectivity index (χ0) is 47.4. The first-order valence-electron chi connectivity index (χ1n) is 26.2. The molecule has 0 fully saturated rings. The fourth-order valence-corrected chi connectivity index (χ4v) is 10.3. The van der Waals surface area contributed by atoms with E-state index in [4.69, 9.17) is 11.5 Å². The van der Waals surface area contributed by atoms with Gasteiger partial charge < -0.3 is 11.5 Å². The highest BCUT2D eigenvalue weighted by molar-refractivity contribution is 5.92. The molecule has 0 aromatic heterocycles. The van der Waals surface area contributed by atoms with Gasteiger partial charge >= 0.3 is 0 Å². The summed E-state index contributed by atoms with van der Waals surface area (Å²) in [4.78, 5) is 0. The highest BCUT2D eigenvalue weighted by atomic mass is 14.7. The summed E-state index contributed by atoms with van der Waals surface area (Å²) < 4.78 is 0. The van der Waals surface area contributed by atoms with Crippen molar-refractivity contribution in [2.75, 3.05) is 11.5 Å². The van der Waals surface area contributed by atoms with E-state index in [9.17, 15) is 0 Å². The normalized spacial score (nSPS) is 15.5. The lowest BCUT2D eigenvalue weighted by molar-refractivity contribution is 0.400. The van der Waals surface area contributed by atoms with Crippen LogP contribution < -0.4 is 11.5 Å². The van der Waals surface area contributed by atoms with E-state index < -0.39 is 0 Å². The van der Waals surface area contributed by atoms with E-state index in [1.165, 1.54) is 120 Å². The molecule has 352 valence electrons. The van der Waals surface area contributed by atoms with Crippen LogP contribution in [0.2, 0.25) is 0 Å². The molecule has 0 amide bonds. The Morgan fingerprint density at radius 2 is 1.12 bits per heavy atom. The van der Waals surface area contributed by atoms with E-state index >= 15 is 0 Å². The number of rotatable bonds is 23. The van der Waals surface area contributed by atoms with Crippen molar-refractivity contribution in [1.29, 1.82) is 0 Å². The number of nitrogens with two attached hydrogens (primary N) is 2. The van der Waals surface area contributed by atoms with E-state index in [0.29, 0.717) is 11.6 Å². The Kier molecular flexibility index (Phi) is 19.5. The average molecular weight is 867 g/mol. The molecule has 0 aliphatic heterocycles. The van der Waals surface area contributed by atoms with Crippen LogP contribution in [0.4, 0.5) is 11.4 Å². The van der Waals surface area contributed by atoms with Crippen molar-refractivity contribution in [2.45, 2.75) is 224 Å². The Morgan fingerprint density at radius 1 is 0.594 bits per heavy atom. The summed E-state index contributed by atoms with van der Waals surface area (Å²) in [7, 11) is 0. The topological polar surface area (TPSA) is 52.0 Å². The number of anilines is 2. The quantitative estimate of drug-likeness (QED) is 0.0567. The Labute approximate surface area is 395 Å². The van der Waals surface area contributed by atoms with Crippen LogP contribution in [0, 0.1) is 11.3 Å². The van der Waals surface area contributed by atoms with E-state index in [0.717, 1.165) is 61.8 Å². The van der Waals surface area contributed by atoms with Gasteiger partial charge in [0.2, 0.25) is 0 Å². The monoisotopic (exact) mass is 867 g/mol. The summed E-state index contributed by atoms with van der Waals surface area (Å²) in [6.45, 7) is 34.9. The lowest BCUT2D eigenvalue weighted by atomic mass is 9.69. The van der Waals surface area contributed by atoms with Crippen molar-refractivity contribution >= 4 is 28.1 Å². The number of hydrogen-bond acceptors (Lipinski definition) is 2. The molecule has 0 bridgehead atoms. The summed E-state index contributed by atoms with van der Waals surface area (Å²) in [6, 6.07) is 19.6. The highest BCUT2D eigenvalue weighted by Gasteiger charge is 2.43. The standard InChI is InChI=1S/C62H94N2/c1-16-22-24-26-37-62(38-27-25-23-17-2)56-41-47(31-33-52(56)53-34-32-50(42-57(53)62)61(13,14)15)44(8)46(28-18-3)39-49(30-20-5)51-35-36-54(59(64)58(51)63)55(43(7)21-6)40-48(29-19-4)45(9)60(10,11)12/h31-36,39-43H,16-30,37-38,63-64H2,1-15H3/b46-44+,48-45+,49-39+,55-40+. The van der Waals surface area contributed by atoms with Gasteiger partial charge in [-0.3, -0.25) is 0 Å². The smallest absolute Gasteiger partial charge is 0.0630 e. The number of benzene rings is 3.